The molecule has 2 aromatic heterocycles. The van der Waals surface area contributed by atoms with Crippen molar-refractivity contribution in [3.05, 3.63) is 45.4 Å². The van der Waals surface area contributed by atoms with Gasteiger partial charge in [0.05, 0.1) is 21.4 Å². The van der Waals surface area contributed by atoms with Crippen molar-refractivity contribution in [2.45, 2.75) is 6.92 Å². The fourth-order valence-corrected chi connectivity index (χ4v) is 2.11. The predicted octanol–water partition coefficient (Wildman–Crippen LogP) is 2.93. The normalized spacial score (nSPS) is 10.8. The summed E-state index contributed by atoms with van der Waals surface area (Å²) in [7, 11) is 1.88. The number of pyridine rings is 1. The van der Waals surface area contributed by atoms with Crippen molar-refractivity contribution >= 4 is 28.1 Å². The molecule has 2 rings (SSSR count). The molecular weight excluding hydrogens is 292 g/mol. The van der Waals surface area contributed by atoms with Crippen LogP contribution in [0.2, 0.25) is 0 Å². The van der Waals surface area contributed by atoms with E-state index < -0.39 is 0 Å². The molecule has 0 spiro atoms. The lowest BCUT2D eigenvalue weighted by molar-refractivity contribution is 0.749. The molecule has 0 amide bonds. The lowest BCUT2D eigenvalue weighted by atomic mass is 10.1. The zero-order chi connectivity index (χ0) is 13.1. The summed E-state index contributed by atoms with van der Waals surface area (Å²) >= 11 is 3.50. The maximum absolute atomic E-state index is 8.98. The Morgan fingerprint density at radius 1 is 1.44 bits per heavy atom. The van der Waals surface area contributed by atoms with Crippen LogP contribution in [0.25, 0.3) is 12.2 Å². The third kappa shape index (κ3) is 2.34. The van der Waals surface area contributed by atoms with Gasteiger partial charge in [-0.3, -0.25) is 9.67 Å². The molecule has 18 heavy (non-hydrogen) atoms. The third-order valence-electron chi connectivity index (χ3n) is 2.59. The van der Waals surface area contributed by atoms with Crippen molar-refractivity contribution in [2.75, 3.05) is 0 Å². The molecule has 0 aromatic carbocycles. The minimum atomic E-state index is 0.559. The van der Waals surface area contributed by atoms with E-state index in [-0.39, 0.29) is 0 Å². The number of hydrogen-bond donors (Lipinski definition) is 0. The summed E-state index contributed by atoms with van der Waals surface area (Å²) in [5.74, 6) is 0. The van der Waals surface area contributed by atoms with E-state index in [9.17, 15) is 0 Å². The maximum atomic E-state index is 8.98. The van der Waals surface area contributed by atoms with Crippen molar-refractivity contribution in [1.82, 2.24) is 14.8 Å². The summed E-state index contributed by atoms with van der Waals surface area (Å²) in [6.07, 6.45) is 7.05. The van der Waals surface area contributed by atoms with Crippen molar-refractivity contribution in [3.8, 4) is 6.07 Å². The molecule has 0 aliphatic heterocycles. The topological polar surface area (TPSA) is 54.5 Å². The molecule has 5 heteroatoms. The van der Waals surface area contributed by atoms with Gasteiger partial charge >= 0.3 is 0 Å². The van der Waals surface area contributed by atoms with E-state index in [1.807, 2.05) is 32.2 Å². The van der Waals surface area contributed by atoms with Crippen LogP contribution in [-0.2, 0) is 7.05 Å². The number of rotatable bonds is 2. The van der Waals surface area contributed by atoms with Gasteiger partial charge in [0.25, 0.3) is 0 Å². The predicted molar refractivity (Wildman–Crippen MR) is 73.5 cm³/mol. The standard InChI is InChI=1S/C13H11BrN4/c1-9-13(14)12(18(2)17-9)4-3-10-5-6-16-8-11(10)7-15/h3-6,8H,1-2H3. The van der Waals surface area contributed by atoms with Crippen LogP contribution in [0.5, 0.6) is 0 Å². The van der Waals surface area contributed by atoms with E-state index in [1.165, 1.54) is 0 Å². The first-order valence-electron chi connectivity index (χ1n) is 5.34. The van der Waals surface area contributed by atoms with E-state index in [4.69, 9.17) is 5.26 Å². The highest BCUT2D eigenvalue weighted by Crippen LogP contribution is 2.22. The minimum absolute atomic E-state index is 0.559. The van der Waals surface area contributed by atoms with Gasteiger partial charge in [-0.15, -0.1) is 0 Å². The highest BCUT2D eigenvalue weighted by atomic mass is 79.9. The Hall–Kier alpha value is -1.93. The summed E-state index contributed by atoms with van der Waals surface area (Å²) in [6.45, 7) is 1.94. The first-order chi connectivity index (χ1) is 8.63. The summed E-state index contributed by atoms with van der Waals surface area (Å²) in [6, 6.07) is 3.93. The van der Waals surface area contributed by atoms with Gasteiger partial charge < -0.3 is 0 Å². The average molecular weight is 303 g/mol. The van der Waals surface area contributed by atoms with Crippen LogP contribution >= 0.6 is 15.9 Å². The van der Waals surface area contributed by atoms with Gasteiger partial charge in [-0.2, -0.15) is 10.4 Å². The second-order valence-corrected chi connectivity index (χ2v) is 4.61. The van der Waals surface area contributed by atoms with Crippen LogP contribution in [0.15, 0.2) is 22.9 Å². The van der Waals surface area contributed by atoms with Crippen LogP contribution in [0.3, 0.4) is 0 Å². The summed E-state index contributed by atoms with van der Waals surface area (Å²) < 4.78 is 2.76. The fraction of sp³-hybridized carbons (Fsp3) is 0.154. The van der Waals surface area contributed by atoms with Crippen LogP contribution in [0.4, 0.5) is 0 Å². The van der Waals surface area contributed by atoms with Crippen molar-refractivity contribution in [3.63, 3.8) is 0 Å². The lowest BCUT2D eigenvalue weighted by Crippen LogP contribution is -1.93. The molecule has 90 valence electrons. The van der Waals surface area contributed by atoms with Crippen LogP contribution in [-0.4, -0.2) is 14.8 Å². The van der Waals surface area contributed by atoms with Crippen molar-refractivity contribution in [1.29, 1.82) is 5.26 Å². The smallest absolute Gasteiger partial charge is 0.101 e. The van der Waals surface area contributed by atoms with Gasteiger partial charge in [-0.1, -0.05) is 6.08 Å². The lowest BCUT2D eigenvalue weighted by Gasteiger charge is -1.97. The Kier molecular flexibility index (Phi) is 3.58. The first kappa shape index (κ1) is 12.5. The van der Waals surface area contributed by atoms with E-state index in [0.717, 1.165) is 21.4 Å². The van der Waals surface area contributed by atoms with Crippen molar-refractivity contribution in [2.24, 2.45) is 7.05 Å². The maximum Gasteiger partial charge on any atom is 0.101 e. The van der Waals surface area contributed by atoms with Crippen LogP contribution < -0.4 is 0 Å². The number of aryl methyl sites for hydroxylation is 2. The Bertz CT molecular complexity index is 649. The molecule has 0 N–H and O–H groups in total. The molecule has 0 unspecified atom stereocenters. The summed E-state index contributed by atoms with van der Waals surface area (Å²) in [5.41, 5.74) is 3.31. The second-order valence-electron chi connectivity index (χ2n) is 3.82. The number of hydrogen-bond acceptors (Lipinski definition) is 3. The highest BCUT2D eigenvalue weighted by molar-refractivity contribution is 9.10. The molecule has 0 radical (unpaired) electrons. The summed E-state index contributed by atoms with van der Waals surface area (Å²) in [4.78, 5) is 3.93. The molecule has 0 saturated carbocycles. The molecule has 0 bridgehead atoms. The van der Waals surface area contributed by atoms with Crippen LogP contribution in [0.1, 0.15) is 22.5 Å². The van der Waals surface area contributed by atoms with Gasteiger partial charge in [0.1, 0.15) is 6.07 Å². The monoisotopic (exact) mass is 302 g/mol. The third-order valence-corrected chi connectivity index (χ3v) is 3.57. The van der Waals surface area contributed by atoms with Crippen LogP contribution in [0, 0.1) is 18.3 Å². The molecule has 0 atom stereocenters. The van der Waals surface area contributed by atoms with Gasteiger partial charge in [-0.05, 0) is 40.6 Å². The number of aromatic nitrogens is 3. The molecule has 0 aliphatic carbocycles. The van der Waals surface area contributed by atoms with E-state index >= 15 is 0 Å². The second kappa shape index (κ2) is 5.15. The number of nitrogens with zero attached hydrogens (tertiary/aromatic N) is 4. The Morgan fingerprint density at radius 3 is 2.83 bits per heavy atom. The summed E-state index contributed by atoms with van der Waals surface area (Å²) in [5, 5.41) is 13.3. The minimum Gasteiger partial charge on any atom is -0.267 e. The Balaban J connectivity index is 2.40. The van der Waals surface area contributed by atoms with Gasteiger partial charge in [0, 0.05) is 19.4 Å². The van der Waals surface area contributed by atoms with Gasteiger partial charge in [-0.25, -0.2) is 0 Å². The zero-order valence-corrected chi connectivity index (χ0v) is 11.6. The molecule has 0 fully saturated rings. The molecule has 0 aliphatic rings. The van der Waals surface area contributed by atoms with Crippen molar-refractivity contribution < 1.29 is 0 Å². The van der Waals surface area contributed by atoms with E-state index in [2.05, 4.69) is 32.1 Å². The Labute approximate surface area is 114 Å². The van der Waals surface area contributed by atoms with E-state index in [0.29, 0.717) is 5.56 Å². The SMILES string of the molecule is Cc1nn(C)c(C=Cc2ccncc2C#N)c1Br. The zero-order valence-electron chi connectivity index (χ0n) is 10.1. The molecule has 4 nitrogen and oxygen atoms in total. The van der Waals surface area contributed by atoms with Gasteiger partial charge in [0.15, 0.2) is 0 Å². The van der Waals surface area contributed by atoms with E-state index in [1.54, 1.807) is 17.1 Å². The molecule has 2 heterocycles. The highest BCUT2D eigenvalue weighted by Gasteiger charge is 2.07. The fourth-order valence-electron chi connectivity index (χ4n) is 1.64. The largest absolute Gasteiger partial charge is 0.267 e. The number of nitriles is 1. The molecule has 0 saturated heterocycles. The number of halogens is 1. The first-order valence-corrected chi connectivity index (χ1v) is 6.14. The molecular formula is C13H11BrN4. The van der Waals surface area contributed by atoms with Gasteiger partial charge in [0.2, 0.25) is 0 Å². The molecule has 2 aromatic rings. The Morgan fingerprint density at radius 2 is 2.22 bits per heavy atom. The average Bonchev–Trinajstić information content (AvgIpc) is 2.62. The quantitative estimate of drug-likeness (QED) is 0.857.